The molecular weight excluding hydrogens is 496 g/mol. The zero-order valence-corrected chi connectivity index (χ0v) is 22.7. The van der Waals surface area contributed by atoms with E-state index in [0.717, 1.165) is 66.5 Å². The molecule has 0 spiro atoms. The van der Waals surface area contributed by atoms with E-state index in [0.29, 0.717) is 18.9 Å². The summed E-state index contributed by atoms with van der Waals surface area (Å²) in [5.41, 5.74) is 4.19. The number of rotatable bonds is 8. The Hall–Kier alpha value is -4.45. The molecule has 5 aromatic rings. The highest BCUT2D eigenvalue weighted by Gasteiger charge is 2.23. The zero-order valence-electron chi connectivity index (χ0n) is 22.7. The van der Waals surface area contributed by atoms with E-state index < -0.39 is 0 Å². The van der Waals surface area contributed by atoms with Gasteiger partial charge in [0.15, 0.2) is 0 Å². The second kappa shape index (κ2) is 11.7. The average molecular weight is 531 g/mol. The molecule has 6 nitrogen and oxygen atoms in total. The summed E-state index contributed by atoms with van der Waals surface area (Å²) >= 11 is 0. The highest BCUT2D eigenvalue weighted by atomic mass is 16.2. The molecule has 3 aromatic carbocycles. The normalized spacial score (nSPS) is 14.1. The minimum Gasteiger partial charge on any atom is -0.343 e. The molecular formula is C34H34N4O2. The zero-order chi connectivity index (χ0) is 27.3. The minimum atomic E-state index is -0.0273. The molecule has 1 aliphatic heterocycles. The van der Waals surface area contributed by atoms with Gasteiger partial charge in [-0.1, -0.05) is 72.8 Å². The Balaban J connectivity index is 1.07. The van der Waals surface area contributed by atoms with Gasteiger partial charge in [0.25, 0.3) is 5.56 Å². The predicted molar refractivity (Wildman–Crippen MR) is 159 cm³/mol. The Kier molecular flexibility index (Phi) is 7.58. The van der Waals surface area contributed by atoms with Gasteiger partial charge in [-0.05, 0) is 58.7 Å². The number of likely N-dealkylation sites (tertiary alicyclic amines) is 1. The van der Waals surface area contributed by atoms with Crippen LogP contribution in [0.15, 0.2) is 108 Å². The van der Waals surface area contributed by atoms with Crippen molar-refractivity contribution in [3.63, 3.8) is 0 Å². The van der Waals surface area contributed by atoms with Gasteiger partial charge in [-0.25, -0.2) is 4.98 Å². The summed E-state index contributed by atoms with van der Waals surface area (Å²) in [6, 6.07) is 28.4. The van der Waals surface area contributed by atoms with Crippen molar-refractivity contribution in [1.82, 2.24) is 19.0 Å². The largest absolute Gasteiger partial charge is 0.343 e. The van der Waals surface area contributed by atoms with Crippen LogP contribution in [0.2, 0.25) is 0 Å². The molecule has 0 atom stereocenters. The molecule has 0 bridgehead atoms. The first-order valence-corrected chi connectivity index (χ1v) is 14.1. The Morgan fingerprint density at radius 3 is 2.48 bits per heavy atom. The quantitative estimate of drug-likeness (QED) is 0.255. The van der Waals surface area contributed by atoms with E-state index in [1.807, 2.05) is 66.1 Å². The number of hydrogen-bond donors (Lipinski definition) is 0. The van der Waals surface area contributed by atoms with Crippen LogP contribution in [0, 0.1) is 5.92 Å². The molecule has 6 rings (SSSR count). The van der Waals surface area contributed by atoms with Gasteiger partial charge >= 0.3 is 0 Å². The van der Waals surface area contributed by atoms with Gasteiger partial charge in [0.1, 0.15) is 0 Å². The number of aryl methyl sites for hydroxylation is 1. The molecule has 0 unspecified atom stereocenters. The van der Waals surface area contributed by atoms with Crippen molar-refractivity contribution in [2.75, 3.05) is 13.1 Å². The van der Waals surface area contributed by atoms with Crippen molar-refractivity contribution < 1.29 is 4.79 Å². The van der Waals surface area contributed by atoms with Crippen molar-refractivity contribution in [3.8, 4) is 11.1 Å². The molecule has 202 valence electrons. The summed E-state index contributed by atoms with van der Waals surface area (Å²) in [6.45, 7) is 2.94. The summed E-state index contributed by atoms with van der Waals surface area (Å²) in [5, 5.41) is 2.31. The molecule has 0 radical (unpaired) electrons. The second-order valence-corrected chi connectivity index (χ2v) is 10.8. The van der Waals surface area contributed by atoms with Crippen LogP contribution in [-0.2, 0) is 24.3 Å². The summed E-state index contributed by atoms with van der Waals surface area (Å²) in [5.74, 6) is 0.730. The van der Waals surface area contributed by atoms with Crippen molar-refractivity contribution in [1.29, 1.82) is 0 Å². The van der Waals surface area contributed by atoms with Crippen molar-refractivity contribution in [2.45, 2.75) is 38.8 Å². The fraction of sp³-hybridized carbons (Fsp3) is 0.265. The number of carbonyl (C=O) groups excluding carboxylic acids is 1. The standard InChI is InChI=1S/C34H34N4O2/c39-33(14-13-26-7-2-1-3-8-26)36-18-15-27(16-19-36)23-38-25-35-22-30(38)24-37-20-17-29(21-34(37)40)32-12-6-10-28-9-4-5-11-31(28)32/h1-12,17,20-22,25,27H,13-16,18-19,23-24H2. The molecule has 6 heteroatoms. The third kappa shape index (κ3) is 5.76. The highest BCUT2D eigenvalue weighted by molar-refractivity contribution is 5.96. The molecule has 0 aliphatic carbocycles. The molecule has 3 heterocycles. The summed E-state index contributed by atoms with van der Waals surface area (Å²) in [6.07, 6.45) is 8.92. The number of hydrogen-bond acceptors (Lipinski definition) is 3. The van der Waals surface area contributed by atoms with E-state index in [1.165, 1.54) is 5.56 Å². The van der Waals surface area contributed by atoms with E-state index >= 15 is 0 Å². The lowest BCUT2D eigenvalue weighted by atomic mass is 9.96. The molecule has 2 aromatic heterocycles. The first-order valence-electron chi connectivity index (χ1n) is 14.1. The van der Waals surface area contributed by atoms with E-state index in [1.54, 1.807) is 10.6 Å². The third-order valence-electron chi connectivity index (χ3n) is 8.12. The number of benzene rings is 3. The highest BCUT2D eigenvalue weighted by Crippen LogP contribution is 2.27. The lowest BCUT2D eigenvalue weighted by Crippen LogP contribution is -2.39. The van der Waals surface area contributed by atoms with E-state index in [9.17, 15) is 9.59 Å². The molecule has 0 N–H and O–H groups in total. The first-order chi connectivity index (χ1) is 19.6. The number of pyridine rings is 1. The molecule has 1 fully saturated rings. The lowest BCUT2D eigenvalue weighted by Gasteiger charge is -2.32. The van der Waals surface area contributed by atoms with Crippen molar-refractivity contribution in [3.05, 3.63) is 125 Å². The number of piperidine rings is 1. The third-order valence-corrected chi connectivity index (χ3v) is 8.12. The SMILES string of the molecule is O=C(CCc1ccccc1)N1CCC(Cn2cncc2Cn2ccc(-c3cccc4ccccc34)cc2=O)CC1. The van der Waals surface area contributed by atoms with E-state index in [2.05, 4.69) is 45.9 Å². The topological polar surface area (TPSA) is 60.1 Å². The smallest absolute Gasteiger partial charge is 0.251 e. The van der Waals surface area contributed by atoms with Crippen LogP contribution < -0.4 is 5.56 Å². The number of fused-ring (bicyclic) bond motifs is 1. The Labute approximate surface area is 234 Å². The fourth-order valence-corrected chi connectivity index (χ4v) is 5.80. The Bertz CT molecular complexity index is 1660. The van der Waals surface area contributed by atoms with Crippen LogP contribution in [0.5, 0.6) is 0 Å². The van der Waals surface area contributed by atoms with Crippen LogP contribution >= 0.6 is 0 Å². The van der Waals surface area contributed by atoms with Gasteiger partial charge in [-0.3, -0.25) is 9.59 Å². The summed E-state index contributed by atoms with van der Waals surface area (Å²) < 4.78 is 3.92. The van der Waals surface area contributed by atoms with Gasteiger partial charge in [0.2, 0.25) is 5.91 Å². The van der Waals surface area contributed by atoms with Gasteiger partial charge in [-0.15, -0.1) is 0 Å². The Morgan fingerprint density at radius 2 is 1.65 bits per heavy atom. The van der Waals surface area contributed by atoms with Gasteiger partial charge in [-0.2, -0.15) is 0 Å². The monoisotopic (exact) mass is 530 g/mol. The van der Waals surface area contributed by atoms with Crippen molar-refractivity contribution in [2.24, 2.45) is 5.92 Å². The van der Waals surface area contributed by atoms with Crippen LogP contribution in [0.1, 0.15) is 30.5 Å². The number of imidazole rings is 1. The number of amides is 1. The summed E-state index contributed by atoms with van der Waals surface area (Å²) in [4.78, 5) is 32.3. The van der Waals surface area contributed by atoms with Crippen LogP contribution in [0.25, 0.3) is 21.9 Å². The maximum absolute atomic E-state index is 13.1. The van der Waals surface area contributed by atoms with Crippen LogP contribution in [0.4, 0.5) is 0 Å². The van der Waals surface area contributed by atoms with E-state index in [4.69, 9.17) is 0 Å². The Morgan fingerprint density at radius 1 is 0.875 bits per heavy atom. The molecule has 0 saturated carbocycles. The number of aromatic nitrogens is 3. The average Bonchev–Trinajstić information content (AvgIpc) is 3.43. The maximum atomic E-state index is 13.1. The summed E-state index contributed by atoms with van der Waals surface area (Å²) in [7, 11) is 0. The van der Waals surface area contributed by atoms with Gasteiger partial charge < -0.3 is 14.0 Å². The second-order valence-electron chi connectivity index (χ2n) is 10.8. The van der Waals surface area contributed by atoms with Gasteiger partial charge in [0.05, 0.1) is 18.6 Å². The molecule has 40 heavy (non-hydrogen) atoms. The van der Waals surface area contributed by atoms with Crippen molar-refractivity contribution >= 4 is 16.7 Å². The maximum Gasteiger partial charge on any atom is 0.251 e. The van der Waals surface area contributed by atoms with Crippen LogP contribution in [0.3, 0.4) is 0 Å². The first kappa shape index (κ1) is 25.8. The fourth-order valence-electron chi connectivity index (χ4n) is 5.80. The van der Waals surface area contributed by atoms with Crippen LogP contribution in [-0.4, -0.2) is 38.0 Å². The molecule has 1 amide bonds. The van der Waals surface area contributed by atoms with Gasteiger partial charge in [0, 0.05) is 44.5 Å². The lowest BCUT2D eigenvalue weighted by molar-refractivity contribution is -0.132. The molecule has 1 aliphatic rings. The molecule has 1 saturated heterocycles. The number of nitrogens with zero attached hydrogens (tertiary/aromatic N) is 4. The predicted octanol–water partition coefficient (Wildman–Crippen LogP) is 5.78. The van der Waals surface area contributed by atoms with E-state index in [-0.39, 0.29) is 11.5 Å². The number of carbonyl (C=O) groups is 1. The minimum absolute atomic E-state index is 0.0273.